The molecule has 0 radical (unpaired) electrons. The summed E-state index contributed by atoms with van der Waals surface area (Å²) in [6.07, 6.45) is 3.27. The molecular formula is C16H19N3O4S. The van der Waals surface area contributed by atoms with Crippen molar-refractivity contribution in [2.75, 3.05) is 7.11 Å². The third-order valence-corrected chi connectivity index (χ3v) is 4.84. The Labute approximate surface area is 141 Å². The summed E-state index contributed by atoms with van der Waals surface area (Å²) in [4.78, 5) is 16.1. The number of hydrogen-bond donors (Lipinski definition) is 2. The van der Waals surface area contributed by atoms with Crippen LogP contribution in [0.15, 0.2) is 53.7 Å². The van der Waals surface area contributed by atoms with Gasteiger partial charge in [0.1, 0.15) is 5.75 Å². The average molecular weight is 349 g/mol. The molecule has 2 N–H and O–H groups in total. The number of nitrogens with zero attached hydrogens (tertiary/aromatic N) is 1. The first-order valence-electron chi connectivity index (χ1n) is 7.25. The van der Waals surface area contributed by atoms with E-state index < -0.39 is 22.0 Å². The Balaban J connectivity index is 1.96. The van der Waals surface area contributed by atoms with Gasteiger partial charge in [0.25, 0.3) is 0 Å². The Kier molecular flexibility index (Phi) is 5.88. The fourth-order valence-corrected chi connectivity index (χ4v) is 3.16. The molecule has 0 unspecified atom stereocenters. The Morgan fingerprint density at radius 2 is 1.96 bits per heavy atom. The predicted molar refractivity (Wildman–Crippen MR) is 88.9 cm³/mol. The molecule has 0 fully saturated rings. The zero-order valence-electron chi connectivity index (χ0n) is 13.4. The van der Waals surface area contributed by atoms with E-state index in [4.69, 9.17) is 4.74 Å². The van der Waals surface area contributed by atoms with Crippen molar-refractivity contribution in [3.05, 3.63) is 54.4 Å². The molecule has 7 nitrogen and oxygen atoms in total. The Morgan fingerprint density at radius 1 is 1.25 bits per heavy atom. The molecule has 1 aromatic carbocycles. The van der Waals surface area contributed by atoms with Gasteiger partial charge in [-0.2, -0.15) is 4.72 Å². The van der Waals surface area contributed by atoms with Crippen LogP contribution in [0.2, 0.25) is 0 Å². The summed E-state index contributed by atoms with van der Waals surface area (Å²) in [5.41, 5.74) is 0.830. The van der Waals surface area contributed by atoms with Crippen LogP contribution in [0.3, 0.4) is 0 Å². The monoisotopic (exact) mass is 349 g/mol. The van der Waals surface area contributed by atoms with Crippen LogP contribution >= 0.6 is 0 Å². The number of rotatable bonds is 7. The molecule has 1 heterocycles. The minimum absolute atomic E-state index is 0.0650. The minimum atomic E-state index is -3.79. The molecule has 1 atom stereocenters. The molecular weight excluding hydrogens is 330 g/mol. The molecule has 0 saturated heterocycles. The number of amides is 1. The summed E-state index contributed by atoms with van der Waals surface area (Å²) in [7, 11) is -2.29. The smallest absolute Gasteiger partial charge is 0.241 e. The SMILES string of the molecule is COc1ccc(S(=O)(=O)N[C@@H](C)C(=O)NCc2cccnc2)cc1. The summed E-state index contributed by atoms with van der Waals surface area (Å²) >= 11 is 0. The number of methoxy groups -OCH3 is 1. The molecule has 0 aliphatic rings. The van der Waals surface area contributed by atoms with E-state index in [1.165, 1.54) is 26.2 Å². The van der Waals surface area contributed by atoms with Crippen LogP contribution in [0, 0.1) is 0 Å². The van der Waals surface area contributed by atoms with Crippen LogP contribution in [0.1, 0.15) is 12.5 Å². The molecule has 0 spiro atoms. The van der Waals surface area contributed by atoms with E-state index in [0.717, 1.165) is 5.56 Å². The summed E-state index contributed by atoms with van der Waals surface area (Å²) in [5, 5.41) is 2.67. The van der Waals surface area contributed by atoms with Gasteiger partial charge in [-0.25, -0.2) is 8.42 Å². The van der Waals surface area contributed by atoms with Crippen molar-refractivity contribution in [3.8, 4) is 5.75 Å². The van der Waals surface area contributed by atoms with Crippen LogP contribution in [0.4, 0.5) is 0 Å². The molecule has 1 amide bonds. The number of ether oxygens (including phenoxy) is 1. The second kappa shape index (κ2) is 7.89. The second-order valence-corrected chi connectivity index (χ2v) is 6.81. The predicted octanol–water partition coefficient (Wildman–Crippen LogP) is 1.07. The van der Waals surface area contributed by atoms with Gasteiger partial charge in [0.15, 0.2) is 0 Å². The van der Waals surface area contributed by atoms with Crippen molar-refractivity contribution in [2.24, 2.45) is 0 Å². The maximum Gasteiger partial charge on any atom is 0.241 e. The summed E-state index contributed by atoms with van der Waals surface area (Å²) in [6.45, 7) is 1.76. The first-order valence-corrected chi connectivity index (χ1v) is 8.73. The quantitative estimate of drug-likeness (QED) is 0.779. The fourth-order valence-electron chi connectivity index (χ4n) is 1.95. The summed E-state index contributed by atoms with van der Waals surface area (Å²) < 4.78 is 31.9. The molecule has 0 saturated carbocycles. The highest BCUT2D eigenvalue weighted by molar-refractivity contribution is 7.89. The summed E-state index contributed by atoms with van der Waals surface area (Å²) in [6, 6.07) is 8.59. The molecule has 1 aromatic heterocycles. The molecule has 2 aromatic rings. The third kappa shape index (κ3) is 4.77. The van der Waals surface area contributed by atoms with E-state index >= 15 is 0 Å². The molecule has 2 rings (SSSR count). The molecule has 24 heavy (non-hydrogen) atoms. The van der Waals surface area contributed by atoms with Gasteiger partial charge in [-0.3, -0.25) is 9.78 Å². The summed E-state index contributed by atoms with van der Waals surface area (Å²) in [5.74, 6) is 0.132. The molecule has 0 aliphatic carbocycles. The molecule has 8 heteroatoms. The number of nitrogens with one attached hydrogen (secondary N) is 2. The van der Waals surface area contributed by atoms with Crippen molar-refractivity contribution >= 4 is 15.9 Å². The van der Waals surface area contributed by atoms with Crippen molar-refractivity contribution < 1.29 is 17.9 Å². The fraction of sp³-hybridized carbons (Fsp3) is 0.250. The largest absolute Gasteiger partial charge is 0.497 e. The van der Waals surface area contributed by atoms with Crippen molar-refractivity contribution in [3.63, 3.8) is 0 Å². The van der Waals surface area contributed by atoms with Crippen molar-refractivity contribution in [1.29, 1.82) is 0 Å². The first-order chi connectivity index (χ1) is 11.4. The number of hydrogen-bond acceptors (Lipinski definition) is 5. The van der Waals surface area contributed by atoms with E-state index in [0.29, 0.717) is 5.75 Å². The lowest BCUT2D eigenvalue weighted by atomic mass is 10.2. The second-order valence-electron chi connectivity index (χ2n) is 5.10. The Bertz CT molecular complexity index is 777. The van der Waals surface area contributed by atoms with E-state index in [1.54, 1.807) is 30.6 Å². The van der Waals surface area contributed by atoms with Crippen molar-refractivity contribution in [2.45, 2.75) is 24.4 Å². The van der Waals surface area contributed by atoms with Crippen LogP contribution in [-0.2, 0) is 21.4 Å². The number of pyridine rings is 1. The van der Waals surface area contributed by atoms with Gasteiger partial charge in [-0.05, 0) is 42.8 Å². The number of sulfonamides is 1. The highest BCUT2D eigenvalue weighted by atomic mass is 32.2. The standard InChI is InChI=1S/C16H19N3O4S/c1-12(16(20)18-11-13-4-3-9-17-10-13)19-24(21,22)15-7-5-14(23-2)6-8-15/h3-10,12,19H,11H2,1-2H3,(H,18,20)/t12-/m0/s1. The van der Waals surface area contributed by atoms with E-state index in [-0.39, 0.29) is 11.4 Å². The van der Waals surface area contributed by atoms with Gasteiger partial charge in [-0.1, -0.05) is 6.07 Å². The zero-order valence-corrected chi connectivity index (χ0v) is 14.2. The van der Waals surface area contributed by atoms with E-state index in [1.807, 2.05) is 6.07 Å². The van der Waals surface area contributed by atoms with Crippen LogP contribution in [0.25, 0.3) is 0 Å². The topological polar surface area (TPSA) is 97.4 Å². The number of benzene rings is 1. The van der Waals surface area contributed by atoms with Crippen molar-refractivity contribution in [1.82, 2.24) is 15.0 Å². The number of carbonyl (C=O) groups is 1. The Morgan fingerprint density at radius 3 is 2.54 bits per heavy atom. The molecule has 0 aliphatic heterocycles. The van der Waals surface area contributed by atoms with Gasteiger partial charge < -0.3 is 10.1 Å². The lowest BCUT2D eigenvalue weighted by molar-refractivity contribution is -0.122. The van der Waals surface area contributed by atoms with Crippen LogP contribution < -0.4 is 14.8 Å². The number of carbonyl (C=O) groups excluding carboxylic acids is 1. The number of aromatic nitrogens is 1. The van der Waals surface area contributed by atoms with Crippen LogP contribution in [-0.4, -0.2) is 32.5 Å². The maximum absolute atomic E-state index is 12.3. The maximum atomic E-state index is 12.3. The van der Waals surface area contributed by atoms with Gasteiger partial charge in [0.2, 0.25) is 15.9 Å². The van der Waals surface area contributed by atoms with Gasteiger partial charge in [0.05, 0.1) is 18.0 Å². The lowest BCUT2D eigenvalue weighted by Crippen LogP contribution is -2.44. The van der Waals surface area contributed by atoms with Gasteiger partial charge in [-0.15, -0.1) is 0 Å². The Hall–Kier alpha value is -2.45. The van der Waals surface area contributed by atoms with Crippen LogP contribution in [0.5, 0.6) is 5.75 Å². The molecule has 0 bridgehead atoms. The third-order valence-electron chi connectivity index (χ3n) is 3.28. The average Bonchev–Trinajstić information content (AvgIpc) is 2.60. The molecule has 128 valence electrons. The van der Waals surface area contributed by atoms with Gasteiger partial charge >= 0.3 is 0 Å². The minimum Gasteiger partial charge on any atom is -0.497 e. The lowest BCUT2D eigenvalue weighted by Gasteiger charge is -2.14. The highest BCUT2D eigenvalue weighted by Gasteiger charge is 2.21. The van der Waals surface area contributed by atoms with E-state index in [2.05, 4.69) is 15.0 Å². The normalized spacial score (nSPS) is 12.4. The zero-order chi connectivity index (χ0) is 17.6. The first kappa shape index (κ1) is 17.9. The van der Waals surface area contributed by atoms with E-state index in [9.17, 15) is 13.2 Å². The highest BCUT2D eigenvalue weighted by Crippen LogP contribution is 2.15. The van der Waals surface area contributed by atoms with Gasteiger partial charge in [0, 0.05) is 18.9 Å².